The lowest BCUT2D eigenvalue weighted by Crippen LogP contribution is -2.35. The van der Waals surface area contributed by atoms with Gasteiger partial charge in [0.2, 0.25) is 5.91 Å². The molecule has 0 radical (unpaired) electrons. The van der Waals surface area contributed by atoms with Gasteiger partial charge in [0.1, 0.15) is 0 Å². The largest absolute Gasteiger partial charge is 0.481 e. The topological polar surface area (TPSA) is 92.4 Å². The zero-order valence-electron chi connectivity index (χ0n) is 12.6. The highest BCUT2D eigenvalue weighted by Crippen LogP contribution is 2.14. The normalized spacial score (nSPS) is 13.7. The van der Waals surface area contributed by atoms with Gasteiger partial charge in [-0.05, 0) is 17.9 Å². The van der Waals surface area contributed by atoms with Gasteiger partial charge in [-0.2, -0.15) is 0 Å². The van der Waals surface area contributed by atoms with E-state index in [1.807, 2.05) is 44.2 Å². The number of carboxylic acids is 1. The number of aliphatic carboxylic acids is 1. The zero-order chi connectivity index (χ0) is 15.8. The number of carboxylic acid groups (broad SMARTS) is 1. The van der Waals surface area contributed by atoms with E-state index >= 15 is 0 Å². The van der Waals surface area contributed by atoms with Gasteiger partial charge in [-0.1, -0.05) is 44.2 Å². The van der Waals surface area contributed by atoms with Crippen LogP contribution in [-0.4, -0.2) is 23.5 Å². The number of nitrogens with two attached hydrogens (primary N) is 1. The highest BCUT2D eigenvalue weighted by atomic mass is 16.4. The number of carbonyl (C=O) groups is 2. The lowest BCUT2D eigenvalue weighted by Gasteiger charge is -2.17. The van der Waals surface area contributed by atoms with E-state index in [0.717, 1.165) is 5.56 Å². The number of nitrogens with one attached hydrogen (secondary N) is 1. The van der Waals surface area contributed by atoms with E-state index < -0.39 is 11.9 Å². The fourth-order valence-electron chi connectivity index (χ4n) is 2.17. The predicted molar refractivity (Wildman–Crippen MR) is 81.6 cm³/mol. The lowest BCUT2D eigenvalue weighted by atomic mass is 9.97. The first kappa shape index (κ1) is 17.2. The van der Waals surface area contributed by atoms with Crippen LogP contribution in [-0.2, 0) is 9.59 Å². The molecule has 5 nitrogen and oxygen atoms in total. The lowest BCUT2D eigenvalue weighted by molar-refractivity contribution is -0.142. The number of hydrogen-bond acceptors (Lipinski definition) is 3. The molecule has 0 aromatic heterocycles. The molecule has 0 spiro atoms. The van der Waals surface area contributed by atoms with Gasteiger partial charge < -0.3 is 16.2 Å². The van der Waals surface area contributed by atoms with Crippen LogP contribution in [0.5, 0.6) is 0 Å². The van der Waals surface area contributed by atoms with Crippen molar-refractivity contribution in [2.75, 3.05) is 6.54 Å². The van der Waals surface area contributed by atoms with Gasteiger partial charge in [-0.25, -0.2) is 0 Å². The van der Waals surface area contributed by atoms with Crippen molar-refractivity contribution in [1.82, 2.24) is 5.32 Å². The maximum absolute atomic E-state index is 11.9. The monoisotopic (exact) mass is 292 g/mol. The summed E-state index contributed by atoms with van der Waals surface area (Å²) < 4.78 is 0. The molecule has 5 heteroatoms. The Bertz CT molecular complexity index is 460. The first-order chi connectivity index (χ1) is 9.90. The van der Waals surface area contributed by atoms with E-state index in [1.165, 1.54) is 0 Å². The van der Waals surface area contributed by atoms with Crippen molar-refractivity contribution in [3.8, 4) is 0 Å². The summed E-state index contributed by atoms with van der Waals surface area (Å²) in [5, 5.41) is 11.8. The van der Waals surface area contributed by atoms with Gasteiger partial charge in [0.15, 0.2) is 0 Å². The Hall–Kier alpha value is -1.88. The molecule has 0 saturated heterocycles. The van der Waals surface area contributed by atoms with E-state index in [2.05, 4.69) is 5.32 Å². The maximum Gasteiger partial charge on any atom is 0.308 e. The number of carbonyl (C=O) groups excluding carboxylic acids is 1. The van der Waals surface area contributed by atoms with Gasteiger partial charge >= 0.3 is 5.97 Å². The molecule has 21 heavy (non-hydrogen) atoms. The second-order valence-corrected chi connectivity index (χ2v) is 5.69. The van der Waals surface area contributed by atoms with Gasteiger partial charge in [-0.15, -0.1) is 0 Å². The molecular formula is C16H24N2O3. The number of hydrogen-bond donors (Lipinski definition) is 3. The van der Waals surface area contributed by atoms with E-state index in [-0.39, 0.29) is 30.8 Å². The molecule has 0 bridgehead atoms. The van der Waals surface area contributed by atoms with Gasteiger partial charge in [0.05, 0.1) is 5.92 Å². The highest BCUT2D eigenvalue weighted by Gasteiger charge is 2.20. The molecule has 0 fully saturated rings. The summed E-state index contributed by atoms with van der Waals surface area (Å²) in [6.45, 7) is 4.07. The zero-order valence-corrected chi connectivity index (χ0v) is 12.6. The van der Waals surface area contributed by atoms with Gasteiger partial charge in [-0.3, -0.25) is 9.59 Å². The number of benzene rings is 1. The van der Waals surface area contributed by atoms with E-state index in [0.29, 0.717) is 6.42 Å². The number of rotatable bonds is 8. The fraction of sp³-hybridized carbons (Fsp3) is 0.500. The average molecular weight is 292 g/mol. The van der Waals surface area contributed by atoms with Crippen LogP contribution in [0.3, 0.4) is 0 Å². The molecule has 1 aromatic carbocycles. The third-order valence-corrected chi connectivity index (χ3v) is 3.28. The molecule has 1 rings (SSSR count). The minimum atomic E-state index is -0.878. The van der Waals surface area contributed by atoms with Crippen molar-refractivity contribution in [1.29, 1.82) is 0 Å². The highest BCUT2D eigenvalue weighted by molar-refractivity contribution is 5.78. The summed E-state index contributed by atoms with van der Waals surface area (Å²) in [4.78, 5) is 23.0. The van der Waals surface area contributed by atoms with Crippen LogP contribution in [0.25, 0.3) is 0 Å². The Labute approximate surface area is 125 Å². The quantitative estimate of drug-likeness (QED) is 0.682. The Morgan fingerprint density at radius 1 is 1.24 bits per heavy atom. The van der Waals surface area contributed by atoms with Gasteiger partial charge in [0.25, 0.3) is 0 Å². The molecule has 0 saturated carbocycles. The molecule has 0 heterocycles. The van der Waals surface area contributed by atoms with Crippen molar-refractivity contribution >= 4 is 11.9 Å². The van der Waals surface area contributed by atoms with Crippen LogP contribution >= 0.6 is 0 Å². The first-order valence-corrected chi connectivity index (χ1v) is 7.20. The third-order valence-electron chi connectivity index (χ3n) is 3.28. The van der Waals surface area contributed by atoms with Crippen LogP contribution in [0.4, 0.5) is 0 Å². The Morgan fingerprint density at radius 2 is 1.86 bits per heavy atom. The second-order valence-electron chi connectivity index (χ2n) is 5.69. The third kappa shape index (κ3) is 6.40. The molecule has 1 aromatic rings. The van der Waals surface area contributed by atoms with Crippen molar-refractivity contribution < 1.29 is 14.7 Å². The first-order valence-electron chi connectivity index (χ1n) is 7.20. The summed E-state index contributed by atoms with van der Waals surface area (Å²) >= 11 is 0. The minimum Gasteiger partial charge on any atom is -0.481 e. The standard InChI is InChI=1S/C16H24N2O3/c1-11(2)8-13(16(20)21)10-18-15(19)9-14(17)12-6-4-3-5-7-12/h3-7,11,13-14H,8-10,17H2,1-2H3,(H,18,19)(H,20,21). The fourth-order valence-corrected chi connectivity index (χ4v) is 2.17. The molecule has 2 atom stereocenters. The van der Waals surface area contributed by atoms with E-state index in [4.69, 9.17) is 10.8 Å². The molecule has 0 aliphatic heterocycles. The summed E-state index contributed by atoms with van der Waals surface area (Å²) in [6.07, 6.45) is 0.693. The van der Waals surface area contributed by atoms with E-state index in [9.17, 15) is 9.59 Å². The molecule has 1 amide bonds. The molecule has 2 unspecified atom stereocenters. The summed E-state index contributed by atoms with van der Waals surface area (Å²) in [5.41, 5.74) is 6.86. The second kappa shape index (κ2) is 8.42. The SMILES string of the molecule is CC(C)CC(CNC(=O)CC(N)c1ccccc1)C(=O)O. The van der Waals surface area contributed by atoms with Crippen molar-refractivity contribution in [3.05, 3.63) is 35.9 Å². The van der Waals surface area contributed by atoms with Crippen molar-refractivity contribution in [3.63, 3.8) is 0 Å². The van der Waals surface area contributed by atoms with E-state index in [1.54, 1.807) is 0 Å². The Kier molecular flexibility index (Phi) is 6.88. The number of amides is 1. The molecule has 0 aliphatic carbocycles. The predicted octanol–water partition coefficient (Wildman–Crippen LogP) is 1.94. The maximum atomic E-state index is 11.9. The van der Waals surface area contributed by atoms with Crippen LogP contribution in [0.15, 0.2) is 30.3 Å². The average Bonchev–Trinajstić information content (AvgIpc) is 2.43. The molecular weight excluding hydrogens is 268 g/mol. The van der Waals surface area contributed by atoms with Crippen LogP contribution in [0.1, 0.15) is 38.3 Å². The summed E-state index contributed by atoms with van der Waals surface area (Å²) in [5.74, 6) is -1.38. The molecule has 0 aliphatic rings. The van der Waals surface area contributed by atoms with Crippen LogP contribution < -0.4 is 11.1 Å². The molecule has 116 valence electrons. The summed E-state index contributed by atoms with van der Waals surface area (Å²) in [7, 11) is 0. The summed E-state index contributed by atoms with van der Waals surface area (Å²) in [6, 6.07) is 9.00. The van der Waals surface area contributed by atoms with Crippen molar-refractivity contribution in [2.45, 2.75) is 32.7 Å². The Morgan fingerprint density at radius 3 is 2.38 bits per heavy atom. The Balaban J connectivity index is 2.44. The van der Waals surface area contributed by atoms with Crippen molar-refractivity contribution in [2.24, 2.45) is 17.6 Å². The van der Waals surface area contributed by atoms with Crippen LogP contribution in [0, 0.1) is 11.8 Å². The van der Waals surface area contributed by atoms with Crippen LogP contribution in [0.2, 0.25) is 0 Å². The minimum absolute atomic E-state index is 0.147. The smallest absolute Gasteiger partial charge is 0.308 e. The molecule has 4 N–H and O–H groups in total. The van der Waals surface area contributed by atoms with Gasteiger partial charge in [0, 0.05) is 19.0 Å².